The summed E-state index contributed by atoms with van der Waals surface area (Å²) in [6.07, 6.45) is 1.57. The second-order valence-corrected chi connectivity index (χ2v) is 6.26. The van der Waals surface area contributed by atoms with Gasteiger partial charge in [0.05, 0.1) is 31.2 Å². The molecule has 1 saturated heterocycles. The molecule has 1 aromatic rings. The van der Waals surface area contributed by atoms with Crippen LogP contribution in [0.15, 0.2) is 17.1 Å². The Kier molecular flexibility index (Phi) is 4.62. The standard InChI is InChI=1S/C16H21N5O4/c22-20-13-11-15-12(2-7-25-15)10-14(13)21(23)18-16(20)17-3-1-4-19-5-8-24-9-6-19/h10-11H,1-9H2,(H,17,18)/q-2. The summed E-state index contributed by atoms with van der Waals surface area (Å²) in [5.41, 5.74) is 4.03. The Morgan fingerprint density at radius 2 is 1.96 bits per heavy atom. The Labute approximate surface area is 145 Å². The fourth-order valence-electron chi connectivity index (χ4n) is 3.24. The van der Waals surface area contributed by atoms with Crippen LogP contribution in [0.1, 0.15) is 12.0 Å². The quantitative estimate of drug-likeness (QED) is 0.800. The molecule has 1 aromatic carbocycles. The maximum absolute atomic E-state index is 12.5. The van der Waals surface area contributed by atoms with Crippen molar-refractivity contribution in [1.82, 2.24) is 10.3 Å². The van der Waals surface area contributed by atoms with Gasteiger partial charge < -0.3 is 30.1 Å². The second kappa shape index (κ2) is 7.04. The number of benzene rings is 1. The second-order valence-electron chi connectivity index (χ2n) is 6.26. The van der Waals surface area contributed by atoms with Gasteiger partial charge in [0.2, 0.25) is 5.96 Å². The Balaban J connectivity index is 1.41. The molecule has 136 valence electrons. The van der Waals surface area contributed by atoms with Crippen molar-refractivity contribution in [2.45, 2.75) is 12.8 Å². The van der Waals surface area contributed by atoms with Gasteiger partial charge in [-0.15, -0.1) is 0 Å². The third-order valence-corrected chi connectivity index (χ3v) is 4.62. The molecule has 0 amide bonds. The number of rotatable bonds is 4. The van der Waals surface area contributed by atoms with E-state index in [9.17, 15) is 10.4 Å². The van der Waals surface area contributed by atoms with E-state index in [4.69, 9.17) is 9.47 Å². The minimum absolute atomic E-state index is 0.0161. The molecule has 0 saturated carbocycles. The zero-order chi connectivity index (χ0) is 17.2. The molecule has 9 heteroatoms. The number of morpholine rings is 1. The summed E-state index contributed by atoms with van der Waals surface area (Å²) in [5, 5.41) is 26.0. The number of hydrogen-bond acceptors (Lipinski definition) is 7. The van der Waals surface area contributed by atoms with E-state index >= 15 is 0 Å². The van der Waals surface area contributed by atoms with Gasteiger partial charge in [-0.25, -0.2) is 0 Å². The molecule has 3 aliphatic rings. The highest BCUT2D eigenvalue weighted by molar-refractivity contribution is 6.04. The number of hydroxylamine groups is 1. The molecule has 3 heterocycles. The van der Waals surface area contributed by atoms with Gasteiger partial charge in [-0.1, -0.05) is 0 Å². The molecular formula is C16H21N5O4-2. The van der Waals surface area contributed by atoms with Gasteiger partial charge in [-0.2, -0.15) is 0 Å². The fraction of sp³-hybridized carbons (Fsp3) is 0.562. The lowest BCUT2D eigenvalue weighted by atomic mass is 10.1. The van der Waals surface area contributed by atoms with Crippen LogP contribution in [0.4, 0.5) is 11.4 Å². The summed E-state index contributed by atoms with van der Waals surface area (Å²) in [5.74, 6) is 0.684. The molecule has 0 aromatic heterocycles. The van der Waals surface area contributed by atoms with E-state index in [0.29, 0.717) is 34.8 Å². The van der Waals surface area contributed by atoms with Crippen molar-refractivity contribution in [3.8, 4) is 5.75 Å². The van der Waals surface area contributed by atoms with Crippen LogP contribution in [0.3, 0.4) is 0 Å². The SMILES string of the molecule is [O-]N1NC(=NCCCN2CCOCC2)N([O-])c2cc3c(cc21)CCO3. The van der Waals surface area contributed by atoms with Gasteiger partial charge in [0, 0.05) is 38.7 Å². The maximum atomic E-state index is 12.5. The number of ether oxygens (including phenoxy) is 2. The summed E-state index contributed by atoms with van der Waals surface area (Å²) in [6, 6.07) is 3.33. The van der Waals surface area contributed by atoms with Gasteiger partial charge >= 0.3 is 0 Å². The van der Waals surface area contributed by atoms with Gasteiger partial charge in [-0.3, -0.25) is 15.3 Å². The molecule has 0 unspecified atom stereocenters. The van der Waals surface area contributed by atoms with E-state index in [1.165, 1.54) is 0 Å². The highest BCUT2D eigenvalue weighted by atomic mass is 16.6. The van der Waals surface area contributed by atoms with Crippen LogP contribution in [-0.4, -0.2) is 56.9 Å². The van der Waals surface area contributed by atoms with Crippen LogP contribution in [0.5, 0.6) is 5.75 Å². The summed E-state index contributed by atoms with van der Waals surface area (Å²) >= 11 is 0. The lowest BCUT2D eigenvalue weighted by molar-refractivity contribution is 0.0377. The van der Waals surface area contributed by atoms with Crippen molar-refractivity contribution in [3.63, 3.8) is 0 Å². The summed E-state index contributed by atoms with van der Waals surface area (Å²) in [7, 11) is 0. The number of aliphatic imine (C=N–C) groups is 1. The van der Waals surface area contributed by atoms with Gasteiger partial charge in [0.25, 0.3) is 0 Å². The fourth-order valence-corrected chi connectivity index (χ4v) is 3.24. The van der Waals surface area contributed by atoms with E-state index < -0.39 is 0 Å². The predicted molar refractivity (Wildman–Crippen MR) is 94.6 cm³/mol. The average molecular weight is 347 g/mol. The Bertz CT molecular complexity index is 662. The summed E-state index contributed by atoms with van der Waals surface area (Å²) < 4.78 is 10.8. The largest absolute Gasteiger partial charge is 0.752 e. The van der Waals surface area contributed by atoms with Crippen LogP contribution in [0, 0.1) is 10.4 Å². The van der Waals surface area contributed by atoms with Crippen LogP contribution >= 0.6 is 0 Å². The molecule has 0 bridgehead atoms. The molecule has 25 heavy (non-hydrogen) atoms. The number of guanidine groups is 1. The van der Waals surface area contributed by atoms with Crippen molar-refractivity contribution in [2.24, 2.45) is 4.99 Å². The number of hydrazine groups is 1. The van der Waals surface area contributed by atoms with Crippen molar-refractivity contribution < 1.29 is 9.47 Å². The highest BCUT2D eigenvalue weighted by Gasteiger charge is 2.22. The first kappa shape index (κ1) is 16.4. The highest BCUT2D eigenvalue weighted by Crippen LogP contribution is 2.39. The van der Waals surface area contributed by atoms with Crippen LogP contribution < -0.4 is 20.4 Å². The zero-order valence-corrected chi connectivity index (χ0v) is 13.9. The minimum atomic E-state index is 0.0161. The first-order chi connectivity index (χ1) is 12.2. The molecule has 0 atom stereocenters. The van der Waals surface area contributed by atoms with Crippen LogP contribution in [0.2, 0.25) is 0 Å². The first-order valence-corrected chi connectivity index (χ1v) is 8.58. The van der Waals surface area contributed by atoms with E-state index in [1.807, 2.05) is 0 Å². The lowest BCUT2D eigenvalue weighted by Crippen LogP contribution is -2.50. The van der Waals surface area contributed by atoms with Gasteiger partial charge in [0.1, 0.15) is 5.75 Å². The number of nitrogens with zero attached hydrogens (tertiary/aromatic N) is 4. The number of fused-ring (bicyclic) bond motifs is 2. The van der Waals surface area contributed by atoms with Gasteiger partial charge in [-0.05, 0) is 18.1 Å². The van der Waals surface area contributed by atoms with Gasteiger partial charge in [0.15, 0.2) is 0 Å². The summed E-state index contributed by atoms with van der Waals surface area (Å²) in [4.78, 5) is 6.58. The maximum Gasteiger partial charge on any atom is 0.206 e. The van der Waals surface area contributed by atoms with Crippen molar-refractivity contribution in [3.05, 3.63) is 28.1 Å². The molecule has 1 fully saturated rings. The van der Waals surface area contributed by atoms with Crippen molar-refractivity contribution in [1.29, 1.82) is 0 Å². The van der Waals surface area contributed by atoms with Crippen LogP contribution in [0.25, 0.3) is 0 Å². The van der Waals surface area contributed by atoms with E-state index in [-0.39, 0.29) is 11.6 Å². The van der Waals surface area contributed by atoms with Crippen molar-refractivity contribution in [2.75, 3.05) is 56.2 Å². The molecule has 0 spiro atoms. The molecule has 3 aliphatic heterocycles. The summed E-state index contributed by atoms with van der Waals surface area (Å²) in [6.45, 7) is 5.33. The molecular weight excluding hydrogens is 326 g/mol. The molecule has 4 rings (SSSR count). The lowest BCUT2D eigenvalue weighted by Gasteiger charge is -2.46. The molecule has 9 nitrogen and oxygen atoms in total. The smallest absolute Gasteiger partial charge is 0.206 e. The van der Waals surface area contributed by atoms with Crippen molar-refractivity contribution >= 4 is 17.3 Å². The molecule has 0 aliphatic carbocycles. The Hall–Kier alpha value is -2.07. The number of hydrogen-bond donors (Lipinski definition) is 1. The normalized spacial score (nSPS) is 21.8. The monoisotopic (exact) mass is 347 g/mol. The minimum Gasteiger partial charge on any atom is -0.752 e. The third kappa shape index (κ3) is 3.36. The Morgan fingerprint density at radius 3 is 2.80 bits per heavy atom. The third-order valence-electron chi connectivity index (χ3n) is 4.62. The zero-order valence-electron chi connectivity index (χ0n) is 13.9. The average Bonchev–Trinajstić information content (AvgIpc) is 3.10. The predicted octanol–water partition coefficient (Wildman–Crippen LogP) is 0.826. The van der Waals surface area contributed by atoms with E-state index in [2.05, 4.69) is 15.3 Å². The number of nitrogens with one attached hydrogen (secondary N) is 1. The number of anilines is 2. The van der Waals surface area contributed by atoms with E-state index in [0.717, 1.165) is 51.3 Å². The molecule has 1 N–H and O–H groups in total. The first-order valence-electron chi connectivity index (χ1n) is 8.58. The Morgan fingerprint density at radius 1 is 1.12 bits per heavy atom. The topological polar surface area (TPSA) is 98.7 Å². The van der Waals surface area contributed by atoms with E-state index in [1.54, 1.807) is 12.1 Å². The van der Waals surface area contributed by atoms with Crippen LogP contribution in [-0.2, 0) is 11.2 Å². The molecule has 0 radical (unpaired) electrons.